The fourth-order valence-electron chi connectivity index (χ4n) is 2.53. The standard InChI is InChI=1S/C18H31NO2/c1-10-14(11-2)18(8,9)12(3)16(21)19-15(13(4)20)17(5,6)7/h10-12,15H,1H2,2-9H3,(H,19,21)/b14-11+/t12-,15?/m1/s1. The molecule has 1 amide bonds. The highest BCUT2D eigenvalue weighted by Crippen LogP contribution is 2.36. The summed E-state index contributed by atoms with van der Waals surface area (Å²) in [6.45, 7) is 19.1. The average molecular weight is 293 g/mol. The van der Waals surface area contributed by atoms with Gasteiger partial charge in [-0.05, 0) is 24.8 Å². The number of hydrogen-bond acceptors (Lipinski definition) is 2. The van der Waals surface area contributed by atoms with Gasteiger partial charge in [0.15, 0.2) is 5.78 Å². The number of amides is 1. The first-order valence-corrected chi connectivity index (χ1v) is 7.49. The first-order valence-electron chi connectivity index (χ1n) is 7.49. The van der Waals surface area contributed by atoms with E-state index in [0.717, 1.165) is 5.57 Å². The molecule has 0 saturated carbocycles. The maximum absolute atomic E-state index is 12.6. The van der Waals surface area contributed by atoms with Gasteiger partial charge < -0.3 is 5.32 Å². The molecule has 0 radical (unpaired) electrons. The molecule has 0 fully saturated rings. The number of carbonyl (C=O) groups is 2. The van der Waals surface area contributed by atoms with Crippen molar-refractivity contribution in [1.82, 2.24) is 5.32 Å². The van der Waals surface area contributed by atoms with Crippen LogP contribution in [0.25, 0.3) is 0 Å². The Morgan fingerprint density at radius 1 is 1.14 bits per heavy atom. The Labute approximate surface area is 129 Å². The minimum Gasteiger partial charge on any atom is -0.346 e. The van der Waals surface area contributed by atoms with Crippen LogP contribution in [0.4, 0.5) is 0 Å². The molecule has 0 rings (SSSR count). The monoisotopic (exact) mass is 293 g/mol. The molecular weight excluding hydrogens is 262 g/mol. The largest absolute Gasteiger partial charge is 0.346 e. The van der Waals surface area contributed by atoms with Crippen LogP contribution in [0.5, 0.6) is 0 Å². The Morgan fingerprint density at radius 2 is 1.62 bits per heavy atom. The van der Waals surface area contributed by atoms with Crippen molar-refractivity contribution >= 4 is 11.7 Å². The summed E-state index contributed by atoms with van der Waals surface area (Å²) < 4.78 is 0. The van der Waals surface area contributed by atoms with Gasteiger partial charge in [-0.3, -0.25) is 9.59 Å². The lowest BCUT2D eigenvalue weighted by Crippen LogP contribution is -2.51. The molecule has 0 aromatic heterocycles. The van der Waals surface area contributed by atoms with Gasteiger partial charge in [0.05, 0.1) is 6.04 Å². The first kappa shape index (κ1) is 19.6. The van der Waals surface area contributed by atoms with E-state index in [4.69, 9.17) is 0 Å². The Balaban J connectivity index is 5.27. The van der Waals surface area contributed by atoms with Gasteiger partial charge in [-0.2, -0.15) is 0 Å². The number of nitrogens with one attached hydrogen (secondary N) is 1. The zero-order chi connectivity index (χ0) is 17.0. The van der Waals surface area contributed by atoms with E-state index in [0.29, 0.717) is 0 Å². The van der Waals surface area contributed by atoms with Crippen LogP contribution in [0.2, 0.25) is 0 Å². The minimum absolute atomic E-state index is 0.0177. The number of ketones is 1. The number of hydrogen-bond donors (Lipinski definition) is 1. The van der Waals surface area contributed by atoms with Gasteiger partial charge in [0.25, 0.3) is 0 Å². The number of allylic oxidation sites excluding steroid dienone is 3. The van der Waals surface area contributed by atoms with Gasteiger partial charge >= 0.3 is 0 Å². The van der Waals surface area contributed by atoms with Crippen LogP contribution in [-0.4, -0.2) is 17.7 Å². The molecular formula is C18H31NO2. The van der Waals surface area contributed by atoms with Crippen LogP contribution in [0.1, 0.15) is 55.4 Å². The van der Waals surface area contributed by atoms with Gasteiger partial charge in [0.1, 0.15) is 0 Å². The molecule has 0 spiro atoms. The molecule has 0 saturated heterocycles. The fraction of sp³-hybridized carbons (Fsp3) is 0.667. The quantitative estimate of drug-likeness (QED) is 0.755. The zero-order valence-corrected chi connectivity index (χ0v) is 14.8. The molecule has 0 aliphatic rings. The Kier molecular flexibility index (Phi) is 6.59. The first-order chi connectivity index (χ1) is 9.39. The summed E-state index contributed by atoms with van der Waals surface area (Å²) >= 11 is 0. The van der Waals surface area contributed by atoms with Gasteiger partial charge in [0, 0.05) is 11.3 Å². The van der Waals surface area contributed by atoms with Gasteiger partial charge in [-0.15, -0.1) is 0 Å². The lowest BCUT2D eigenvalue weighted by molar-refractivity contribution is -0.133. The Hall–Kier alpha value is -1.38. The molecule has 3 heteroatoms. The molecule has 1 N–H and O–H groups in total. The maximum atomic E-state index is 12.6. The molecule has 0 bridgehead atoms. The van der Waals surface area contributed by atoms with E-state index in [-0.39, 0.29) is 28.4 Å². The van der Waals surface area contributed by atoms with Crippen LogP contribution in [0.3, 0.4) is 0 Å². The van der Waals surface area contributed by atoms with Crippen molar-refractivity contribution < 1.29 is 9.59 Å². The van der Waals surface area contributed by atoms with Crippen LogP contribution in [0, 0.1) is 16.7 Å². The van der Waals surface area contributed by atoms with E-state index in [1.54, 1.807) is 6.08 Å². The Bertz CT molecular complexity index is 439. The van der Waals surface area contributed by atoms with Crippen LogP contribution in [-0.2, 0) is 9.59 Å². The predicted molar refractivity (Wildman–Crippen MR) is 89.0 cm³/mol. The summed E-state index contributed by atoms with van der Waals surface area (Å²) in [6, 6.07) is -0.471. The molecule has 0 aliphatic heterocycles. The third-order valence-electron chi connectivity index (χ3n) is 4.31. The molecule has 0 aliphatic carbocycles. The SMILES string of the molecule is C=C/C(=C\C)C(C)(C)[C@H](C)C(=O)NC(C(C)=O)C(C)(C)C. The molecule has 1 unspecified atom stereocenters. The van der Waals surface area contributed by atoms with Crippen molar-refractivity contribution in [2.75, 3.05) is 0 Å². The summed E-state index contributed by atoms with van der Waals surface area (Å²) in [5.41, 5.74) is 0.396. The second-order valence-electron chi connectivity index (χ2n) is 7.31. The molecule has 2 atom stereocenters. The zero-order valence-electron chi connectivity index (χ0n) is 14.8. The fourth-order valence-corrected chi connectivity index (χ4v) is 2.53. The van der Waals surface area contributed by atoms with Crippen molar-refractivity contribution in [3.05, 3.63) is 24.3 Å². The minimum atomic E-state index is -0.471. The second kappa shape index (κ2) is 7.06. The molecule has 3 nitrogen and oxygen atoms in total. The summed E-state index contributed by atoms with van der Waals surface area (Å²) in [6.07, 6.45) is 3.76. The normalized spacial score (nSPS) is 16.1. The van der Waals surface area contributed by atoms with Crippen LogP contribution in [0.15, 0.2) is 24.3 Å². The summed E-state index contributed by atoms with van der Waals surface area (Å²) in [5, 5.41) is 2.92. The van der Waals surface area contributed by atoms with Crippen molar-refractivity contribution in [2.24, 2.45) is 16.7 Å². The molecule has 0 aromatic carbocycles. The van der Waals surface area contributed by atoms with E-state index in [1.165, 1.54) is 6.92 Å². The van der Waals surface area contributed by atoms with E-state index >= 15 is 0 Å². The van der Waals surface area contributed by atoms with E-state index in [9.17, 15) is 9.59 Å². The van der Waals surface area contributed by atoms with Crippen molar-refractivity contribution in [1.29, 1.82) is 0 Å². The van der Waals surface area contributed by atoms with Crippen LogP contribution < -0.4 is 5.32 Å². The molecule has 0 heterocycles. The number of carbonyl (C=O) groups excluding carboxylic acids is 2. The molecule has 0 aromatic rings. The highest BCUT2D eigenvalue weighted by atomic mass is 16.2. The van der Waals surface area contributed by atoms with E-state index in [2.05, 4.69) is 11.9 Å². The van der Waals surface area contributed by atoms with Crippen molar-refractivity contribution in [3.63, 3.8) is 0 Å². The third kappa shape index (κ3) is 4.83. The molecule has 21 heavy (non-hydrogen) atoms. The van der Waals surface area contributed by atoms with Gasteiger partial charge in [0.2, 0.25) is 5.91 Å². The van der Waals surface area contributed by atoms with E-state index in [1.807, 2.05) is 54.5 Å². The van der Waals surface area contributed by atoms with Crippen molar-refractivity contribution in [3.8, 4) is 0 Å². The summed E-state index contributed by atoms with van der Waals surface area (Å²) in [4.78, 5) is 24.4. The Morgan fingerprint density at radius 3 is 1.90 bits per heavy atom. The highest BCUT2D eigenvalue weighted by Gasteiger charge is 2.37. The number of rotatable bonds is 6. The third-order valence-corrected chi connectivity index (χ3v) is 4.31. The van der Waals surface area contributed by atoms with Gasteiger partial charge in [-0.25, -0.2) is 0 Å². The second-order valence-corrected chi connectivity index (χ2v) is 7.31. The highest BCUT2D eigenvalue weighted by molar-refractivity contribution is 5.89. The molecule has 120 valence electrons. The lowest BCUT2D eigenvalue weighted by atomic mass is 9.72. The number of Topliss-reactive ketones (excluding diaryl/α,β-unsaturated/α-hetero) is 1. The van der Waals surface area contributed by atoms with Crippen LogP contribution >= 0.6 is 0 Å². The van der Waals surface area contributed by atoms with Gasteiger partial charge in [-0.1, -0.05) is 60.3 Å². The maximum Gasteiger partial charge on any atom is 0.224 e. The summed E-state index contributed by atoms with van der Waals surface area (Å²) in [5.74, 6) is -0.377. The van der Waals surface area contributed by atoms with E-state index < -0.39 is 6.04 Å². The topological polar surface area (TPSA) is 46.2 Å². The predicted octanol–water partition coefficient (Wildman–Crippen LogP) is 3.90. The smallest absolute Gasteiger partial charge is 0.224 e. The average Bonchev–Trinajstić information content (AvgIpc) is 2.33. The lowest BCUT2D eigenvalue weighted by Gasteiger charge is -2.35. The summed E-state index contributed by atoms with van der Waals surface area (Å²) in [7, 11) is 0. The van der Waals surface area contributed by atoms with Crippen molar-refractivity contribution in [2.45, 2.75) is 61.4 Å².